The standard InChI is InChI=1S/C26H31NO5/c1-16(2)32-20-11-7-17(8-12-20)15-27-22(18-9-13-19(31-6)14-10-18)21(23(28)25(27)30)24(29)26(3,4)5/h7-14,16,22,28H,15H2,1-6H3. The van der Waals surface area contributed by atoms with E-state index in [2.05, 4.69) is 0 Å². The third kappa shape index (κ3) is 4.79. The second-order valence-corrected chi connectivity index (χ2v) is 9.26. The number of benzene rings is 2. The number of ketones is 1. The average molecular weight is 438 g/mol. The Morgan fingerprint density at radius 2 is 1.59 bits per heavy atom. The summed E-state index contributed by atoms with van der Waals surface area (Å²) in [6.45, 7) is 9.49. The zero-order valence-corrected chi connectivity index (χ0v) is 19.5. The van der Waals surface area contributed by atoms with Gasteiger partial charge in [0.2, 0.25) is 0 Å². The highest BCUT2D eigenvalue weighted by Gasteiger charge is 2.45. The van der Waals surface area contributed by atoms with E-state index in [1.807, 2.05) is 50.2 Å². The average Bonchev–Trinajstić information content (AvgIpc) is 2.98. The van der Waals surface area contributed by atoms with Crippen molar-refractivity contribution >= 4 is 11.7 Å². The summed E-state index contributed by atoms with van der Waals surface area (Å²) in [4.78, 5) is 27.9. The Morgan fingerprint density at radius 1 is 1.03 bits per heavy atom. The van der Waals surface area contributed by atoms with Gasteiger partial charge in [-0.1, -0.05) is 45.0 Å². The number of amides is 1. The molecule has 1 atom stereocenters. The molecular formula is C26H31NO5. The van der Waals surface area contributed by atoms with Gasteiger partial charge < -0.3 is 19.5 Å². The van der Waals surface area contributed by atoms with Gasteiger partial charge in [0.1, 0.15) is 11.5 Å². The lowest BCUT2D eigenvalue weighted by atomic mass is 9.82. The van der Waals surface area contributed by atoms with E-state index in [1.165, 1.54) is 4.90 Å². The van der Waals surface area contributed by atoms with Crippen molar-refractivity contribution in [3.63, 3.8) is 0 Å². The monoisotopic (exact) mass is 437 g/mol. The third-order valence-corrected chi connectivity index (χ3v) is 5.31. The van der Waals surface area contributed by atoms with E-state index >= 15 is 0 Å². The quantitative estimate of drug-likeness (QED) is 0.660. The Morgan fingerprint density at radius 3 is 2.09 bits per heavy atom. The van der Waals surface area contributed by atoms with Gasteiger partial charge in [-0.05, 0) is 49.2 Å². The largest absolute Gasteiger partial charge is 0.503 e. The van der Waals surface area contributed by atoms with Crippen LogP contribution in [0.25, 0.3) is 0 Å². The van der Waals surface area contributed by atoms with Gasteiger partial charge >= 0.3 is 0 Å². The summed E-state index contributed by atoms with van der Waals surface area (Å²) in [7, 11) is 1.58. The number of nitrogens with zero attached hydrogens (tertiary/aromatic N) is 1. The number of rotatable bonds is 7. The predicted octanol–water partition coefficient (Wildman–Crippen LogP) is 4.99. The van der Waals surface area contributed by atoms with E-state index in [1.54, 1.807) is 40.0 Å². The number of hydrogen-bond donors (Lipinski definition) is 1. The normalized spacial score (nSPS) is 16.7. The summed E-state index contributed by atoms with van der Waals surface area (Å²) >= 11 is 0. The van der Waals surface area contributed by atoms with Crippen molar-refractivity contribution in [3.8, 4) is 11.5 Å². The van der Waals surface area contributed by atoms with Crippen LogP contribution >= 0.6 is 0 Å². The minimum atomic E-state index is -0.750. The fraction of sp³-hybridized carbons (Fsp3) is 0.385. The van der Waals surface area contributed by atoms with Gasteiger partial charge in [-0.15, -0.1) is 0 Å². The van der Waals surface area contributed by atoms with E-state index in [-0.39, 0.29) is 24.0 Å². The molecule has 0 saturated heterocycles. The first-order chi connectivity index (χ1) is 15.0. The molecular weight excluding hydrogens is 406 g/mol. The highest BCUT2D eigenvalue weighted by molar-refractivity contribution is 6.10. The van der Waals surface area contributed by atoms with Crippen molar-refractivity contribution in [2.24, 2.45) is 5.41 Å². The summed E-state index contributed by atoms with van der Waals surface area (Å²) in [5, 5.41) is 10.7. The van der Waals surface area contributed by atoms with Crippen molar-refractivity contribution in [1.29, 1.82) is 0 Å². The number of aliphatic hydroxyl groups is 1. The summed E-state index contributed by atoms with van der Waals surface area (Å²) < 4.78 is 10.9. The lowest BCUT2D eigenvalue weighted by molar-refractivity contribution is -0.130. The molecule has 0 aromatic heterocycles. The highest BCUT2D eigenvalue weighted by atomic mass is 16.5. The molecule has 1 unspecified atom stereocenters. The Kier molecular flexibility index (Phi) is 6.63. The fourth-order valence-electron chi connectivity index (χ4n) is 3.73. The molecule has 2 aromatic rings. The smallest absolute Gasteiger partial charge is 0.290 e. The number of hydrogen-bond acceptors (Lipinski definition) is 5. The van der Waals surface area contributed by atoms with Crippen LogP contribution in [0.3, 0.4) is 0 Å². The van der Waals surface area contributed by atoms with Crippen molar-refractivity contribution in [3.05, 3.63) is 71.0 Å². The maximum atomic E-state index is 13.2. The number of aliphatic hydroxyl groups excluding tert-OH is 1. The summed E-state index contributed by atoms with van der Waals surface area (Å²) in [6, 6.07) is 14.0. The maximum Gasteiger partial charge on any atom is 0.290 e. The van der Waals surface area contributed by atoms with E-state index in [0.717, 1.165) is 16.9 Å². The van der Waals surface area contributed by atoms with Crippen LogP contribution in [0.5, 0.6) is 11.5 Å². The Balaban J connectivity index is 1.99. The molecule has 0 aliphatic carbocycles. The van der Waals surface area contributed by atoms with Gasteiger partial charge in [-0.2, -0.15) is 0 Å². The van der Waals surface area contributed by atoms with Crippen LogP contribution in [0.15, 0.2) is 59.9 Å². The molecule has 3 rings (SSSR count). The molecule has 1 aliphatic rings. The van der Waals surface area contributed by atoms with Gasteiger partial charge in [0.25, 0.3) is 5.91 Å². The molecule has 0 saturated carbocycles. The van der Waals surface area contributed by atoms with Crippen molar-refractivity contribution in [1.82, 2.24) is 4.90 Å². The zero-order chi connectivity index (χ0) is 23.6. The van der Waals surface area contributed by atoms with Crippen LogP contribution in [0.2, 0.25) is 0 Å². The molecule has 0 fully saturated rings. The van der Waals surface area contributed by atoms with Crippen LogP contribution in [0.4, 0.5) is 0 Å². The molecule has 1 amide bonds. The Labute approximate surface area is 189 Å². The van der Waals surface area contributed by atoms with Crippen molar-refractivity contribution in [2.75, 3.05) is 7.11 Å². The molecule has 0 bridgehead atoms. The van der Waals surface area contributed by atoms with E-state index in [0.29, 0.717) is 5.75 Å². The number of carbonyl (C=O) groups is 2. The van der Waals surface area contributed by atoms with Crippen molar-refractivity contribution < 1.29 is 24.2 Å². The van der Waals surface area contributed by atoms with Crippen LogP contribution < -0.4 is 9.47 Å². The fourth-order valence-corrected chi connectivity index (χ4v) is 3.73. The molecule has 170 valence electrons. The van der Waals surface area contributed by atoms with Crippen LogP contribution in [-0.2, 0) is 16.1 Å². The molecule has 1 N–H and O–H groups in total. The van der Waals surface area contributed by atoms with E-state index in [4.69, 9.17) is 9.47 Å². The number of ether oxygens (including phenoxy) is 2. The molecule has 6 nitrogen and oxygen atoms in total. The lowest BCUT2D eigenvalue weighted by Crippen LogP contribution is -2.32. The first kappa shape index (κ1) is 23.4. The van der Waals surface area contributed by atoms with E-state index in [9.17, 15) is 14.7 Å². The first-order valence-electron chi connectivity index (χ1n) is 10.7. The predicted molar refractivity (Wildman–Crippen MR) is 123 cm³/mol. The molecule has 6 heteroatoms. The van der Waals surface area contributed by atoms with Gasteiger partial charge in [0, 0.05) is 12.0 Å². The summed E-state index contributed by atoms with van der Waals surface area (Å²) in [6.07, 6.45) is 0.0626. The van der Waals surface area contributed by atoms with Gasteiger partial charge in [0.05, 0.1) is 24.8 Å². The topological polar surface area (TPSA) is 76.1 Å². The SMILES string of the molecule is COc1ccc(C2C(C(=O)C(C)(C)C)=C(O)C(=O)N2Cc2ccc(OC(C)C)cc2)cc1. The first-order valence-corrected chi connectivity index (χ1v) is 10.7. The van der Waals surface area contributed by atoms with Gasteiger partial charge in [0.15, 0.2) is 11.5 Å². The third-order valence-electron chi connectivity index (χ3n) is 5.31. The number of carbonyl (C=O) groups excluding carboxylic acids is 2. The summed E-state index contributed by atoms with van der Waals surface area (Å²) in [5.41, 5.74) is 0.980. The van der Waals surface area contributed by atoms with Gasteiger partial charge in [-0.25, -0.2) is 0 Å². The van der Waals surface area contributed by atoms with Crippen molar-refractivity contribution in [2.45, 2.75) is 53.3 Å². The van der Waals surface area contributed by atoms with Crippen LogP contribution in [0.1, 0.15) is 51.8 Å². The Hall–Kier alpha value is -3.28. The van der Waals surface area contributed by atoms with E-state index < -0.39 is 23.1 Å². The lowest BCUT2D eigenvalue weighted by Gasteiger charge is -2.29. The molecule has 0 radical (unpaired) electrons. The highest BCUT2D eigenvalue weighted by Crippen LogP contribution is 2.42. The molecule has 2 aromatic carbocycles. The maximum absolute atomic E-state index is 13.2. The number of methoxy groups -OCH3 is 1. The molecule has 1 aliphatic heterocycles. The Bertz CT molecular complexity index is 1010. The molecule has 0 spiro atoms. The molecule has 32 heavy (non-hydrogen) atoms. The minimum absolute atomic E-state index is 0.0626. The van der Waals surface area contributed by atoms with Crippen LogP contribution in [0, 0.1) is 5.41 Å². The summed E-state index contributed by atoms with van der Waals surface area (Å²) in [5.74, 6) is 0.119. The molecule has 1 heterocycles. The zero-order valence-electron chi connectivity index (χ0n) is 19.5. The second kappa shape index (κ2) is 9.07. The van der Waals surface area contributed by atoms with Gasteiger partial charge in [-0.3, -0.25) is 9.59 Å². The number of Topliss-reactive ketones (excluding diaryl/α,β-unsaturated/α-hetero) is 1. The second-order valence-electron chi connectivity index (χ2n) is 9.26. The van der Waals surface area contributed by atoms with Crippen LogP contribution in [-0.4, -0.2) is 34.9 Å². The minimum Gasteiger partial charge on any atom is -0.503 e.